The predicted octanol–water partition coefficient (Wildman–Crippen LogP) is 5.85. The molecule has 8 heteroatoms. The van der Waals surface area contributed by atoms with E-state index in [1.165, 1.54) is 23.9 Å². The molecule has 2 heterocycles. The zero-order valence-electron chi connectivity index (χ0n) is 18.5. The minimum Gasteiger partial charge on any atom is -0.492 e. The van der Waals surface area contributed by atoms with Crippen LogP contribution in [0.4, 0.5) is 10.1 Å². The summed E-state index contributed by atoms with van der Waals surface area (Å²) in [7, 11) is 0. The second-order valence-corrected chi connectivity index (χ2v) is 8.31. The Hall–Kier alpha value is -3.39. The number of rotatable bonds is 9. The number of pyridine rings is 1. The summed E-state index contributed by atoms with van der Waals surface area (Å²) in [6.45, 7) is 4.36. The number of benzene rings is 2. The van der Waals surface area contributed by atoms with Gasteiger partial charge in [-0.2, -0.15) is 0 Å². The van der Waals surface area contributed by atoms with E-state index in [2.05, 4.69) is 10.3 Å². The normalized spacial score (nSPS) is 12.0. The summed E-state index contributed by atoms with van der Waals surface area (Å²) < 4.78 is 21.1. The molecule has 0 aliphatic heterocycles. The third kappa shape index (κ3) is 5.17. The van der Waals surface area contributed by atoms with Gasteiger partial charge in [-0.25, -0.2) is 14.4 Å². The molecule has 33 heavy (non-hydrogen) atoms. The molecule has 170 valence electrons. The van der Waals surface area contributed by atoms with Gasteiger partial charge in [0.2, 0.25) is 5.91 Å². The first-order chi connectivity index (χ1) is 16.1. The van der Waals surface area contributed by atoms with Gasteiger partial charge < -0.3 is 10.1 Å². The van der Waals surface area contributed by atoms with Gasteiger partial charge in [-0.05, 0) is 55.3 Å². The molecule has 0 aliphatic carbocycles. The lowest BCUT2D eigenvalue weighted by molar-refractivity contribution is -0.119. The fourth-order valence-electron chi connectivity index (χ4n) is 3.62. The smallest absolute Gasteiger partial charge is 0.247 e. The lowest BCUT2D eigenvalue weighted by atomic mass is 10.2. The summed E-state index contributed by atoms with van der Waals surface area (Å²) in [4.78, 5) is 22.6. The number of carbonyl (C=O) groups excluding carboxylic acids is 1. The summed E-state index contributed by atoms with van der Waals surface area (Å²) in [6, 6.07) is 17.0. The Balaban J connectivity index is 1.66. The lowest BCUT2D eigenvalue weighted by Crippen LogP contribution is -2.26. The maximum atomic E-state index is 13.6. The second-order valence-electron chi connectivity index (χ2n) is 7.37. The number of ether oxygens (including phenoxy) is 1. The van der Waals surface area contributed by atoms with Crippen molar-refractivity contribution in [2.45, 2.75) is 37.2 Å². The SMILES string of the molecule is CCOc1ccccc1NC(=O)C(CC)n1c(SCc2cccc(F)c2)nc2cccnc21. The predicted molar refractivity (Wildman–Crippen MR) is 129 cm³/mol. The average molecular weight is 465 g/mol. The number of carbonyl (C=O) groups is 1. The number of halogens is 1. The minimum absolute atomic E-state index is 0.179. The molecule has 0 saturated carbocycles. The van der Waals surface area contributed by atoms with Gasteiger partial charge in [0.25, 0.3) is 0 Å². The molecule has 1 atom stereocenters. The zero-order valence-corrected chi connectivity index (χ0v) is 19.3. The van der Waals surface area contributed by atoms with Crippen LogP contribution in [0.1, 0.15) is 31.9 Å². The van der Waals surface area contributed by atoms with Crippen LogP contribution in [-0.2, 0) is 10.5 Å². The third-order valence-electron chi connectivity index (χ3n) is 5.12. The quantitative estimate of drug-likeness (QED) is 0.315. The maximum absolute atomic E-state index is 13.6. The molecule has 0 saturated heterocycles. The van der Waals surface area contributed by atoms with Crippen LogP contribution in [0.5, 0.6) is 5.75 Å². The van der Waals surface area contributed by atoms with Crippen molar-refractivity contribution in [3.05, 3.63) is 78.2 Å². The summed E-state index contributed by atoms with van der Waals surface area (Å²) in [6.07, 6.45) is 2.23. The molecule has 2 aromatic heterocycles. The Morgan fingerprint density at radius 2 is 2.00 bits per heavy atom. The van der Waals surface area contributed by atoms with Gasteiger partial charge in [0.1, 0.15) is 23.1 Å². The van der Waals surface area contributed by atoms with Gasteiger partial charge in [0.05, 0.1) is 12.3 Å². The summed E-state index contributed by atoms with van der Waals surface area (Å²) in [5.41, 5.74) is 2.81. The van der Waals surface area contributed by atoms with Crippen molar-refractivity contribution >= 4 is 34.5 Å². The Bertz CT molecular complexity index is 1260. The topological polar surface area (TPSA) is 69.0 Å². The summed E-state index contributed by atoms with van der Waals surface area (Å²) in [5, 5.41) is 3.67. The number of aromatic nitrogens is 3. The van der Waals surface area contributed by atoms with E-state index >= 15 is 0 Å². The summed E-state index contributed by atoms with van der Waals surface area (Å²) in [5.74, 6) is 0.688. The van der Waals surface area contributed by atoms with Crippen LogP contribution in [0, 0.1) is 5.82 Å². The van der Waals surface area contributed by atoms with E-state index in [4.69, 9.17) is 9.72 Å². The molecule has 1 unspecified atom stereocenters. The Labute approximate surface area is 196 Å². The van der Waals surface area contributed by atoms with E-state index in [1.807, 2.05) is 60.9 Å². The number of nitrogens with zero attached hydrogens (tertiary/aromatic N) is 3. The first-order valence-electron chi connectivity index (χ1n) is 10.8. The first-order valence-corrected chi connectivity index (χ1v) is 11.8. The number of thioether (sulfide) groups is 1. The van der Waals surface area contributed by atoms with Crippen molar-refractivity contribution in [3.63, 3.8) is 0 Å². The number of para-hydroxylation sites is 2. The number of nitrogens with one attached hydrogen (secondary N) is 1. The molecule has 6 nitrogen and oxygen atoms in total. The highest BCUT2D eigenvalue weighted by molar-refractivity contribution is 7.98. The maximum Gasteiger partial charge on any atom is 0.247 e. The molecule has 0 aliphatic rings. The molecular weight excluding hydrogens is 439 g/mol. The van der Waals surface area contributed by atoms with E-state index in [0.717, 1.165) is 5.56 Å². The van der Waals surface area contributed by atoms with Crippen LogP contribution >= 0.6 is 11.8 Å². The van der Waals surface area contributed by atoms with Crippen molar-refractivity contribution in [1.29, 1.82) is 0 Å². The Morgan fingerprint density at radius 3 is 2.79 bits per heavy atom. The van der Waals surface area contributed by atoms with Crippen LogP contribution in [-0.4, -0.2) is 27.0 Å². The summed E-state index contributed by atoms with van der Waals surface area (Å²) >= 11 is 1.45. The zero-order chi connectivity index (χ0) is 23.2. The van der Waals surface area contributed by atoms with E-state index in [9.17, 15) is 9.18 Å². The van der Waals surface area contributed by atoms with E-state index in [1.54, 1.807) is 12.3 Å². The van der Waals surface area contributed by atoms with Crippen LogP contribution in [0.3, 0.4) is 0 Å². The molecule has 1 N–H and O–H groups in total. The number of imidazole rings is 1. The van der Waals surface area contributed by atoms with Crippen molar-refractivity contribution in [3.8, 4) is 5.75 Å². The van der Waals surface area contributed by atoms with Gasteiger partial charge >= 0.3 is 0 Å². The fraction of sp³-hybridized carbons (Fsp3) is 0.240. The number of hydrogen-bond donors (Lipinski definition) is 1. The minimum atomic E-state index is -0.533. The van der Waals surface area contributed by atoms with Crippen molar-refractivity contribution in [1.82, 2.24) is 14.5 Å². The lowest BCUT2D eigenvalue weighted by Gasteiger charge is -2.20. The van der Waals surface area contributed by atoms with Gasteiger partial charge in [-0.15, -0.1) is 0 Å². The molecule has 2 aromatic carbocycles. The van der Waals surface area contributed by atoms with E-state index < -0.39 is 6.04 Å². The Morgan fingerprint density at radius 1 is 1.15 bits per heavy atom. The number of anilines is 1. The largest absolute Gasteiger partial charge is 0.492 e. The fourth-order valence-corrected chi connectivity index (χ4v) is 4.61. The molecule has 0 fully saturated rings. The average Bonchev–Trinajstić information content (AvgIpc) is 3.18. The highest BCUT2D eigenvalue weighted by Crippen LogP contribution is 2.32. The monoisotopic (exact) mass is 464 g/mol. The molecule has 4 aromatic rings. The van der Waals surface area contributed by atoms with Gasteiger partial charge in [0, 0.05) is 11.9 Å². The molecule has 4 rings (SSSR count). The van der Waals surface area contributed by atoms with Crippen molar-refractivity contribution in [2.24, 2.45) is 0 Å². The highest BCUT2D eigenvalue weighted by atomic mass is 32.2. The van der Waals surface area contributed by atoms with Crippen molar-refractivity contribution < 1.29 is 13.9 Å². The number of hydrogen-bond acceptors (Lipinski definition) is 5. The second kappa shape index (κ2) is 10.5. The van der Waals surface area contributed by atoms with Crippen LogP contribution in [0.15, 0.2) is 72.0 Å². The van der Waals surface area contributed by atoms with Gasteiger partial charge in [0.15, 0.2) is 10.8 Å². The standard InChI is InChI=1S/C25H25FN4O2S/c1-3-21(24(31)28-19-11-5-6-13-22(19)32-4-2)30-23-20(12-8-14-27-23)29-25(30)33-16-17-9-7-10-18(26)15-17/h5-15,21H,3-4,16H2,1-2H3,(H,28,31). The van der Waals surface area contributed by atoms with E-state index in [0.29, 0.717) is 46.5 Å². The van der Waals surface area contributed by atoms with Crippen molar-refractivity contribution in [2.75, 3.05) is 11.9 Å². The van der Waals surface area contributed by atoms with Crippen LogP contribution in [0.2, 0.25) is 0 Å². The number of fused-ring (bicyclic) bond motifs is 1. The van der Waals surface area contributed by atoms with Crippen LogP contribution in [0.25, 0.3) is 11.2 Å². The number of amides is 1. The molecule has 0 spiro atoms. The van der Waals surface area contributed by atoms with E-state index in [-0.39, 0.29) is 11.7 Å². The third-order valence-corrected chi connectivity index (χ3v) is 6.14. The highest BCUT2D eigenvalue weighted by Gasteiger charge is 2.26. The van der Waals surface area contributed by atoms with Gasteiger partial charge in [-0.3, -0.25) is 9.36 Å². The van der Waals surface area contributed by atoms with Crippen LogP contribution < -0.4 is 10.1 Å². The molecule has 0 radical (unpaired) electrons. The first kappa shape index (κ1) is 22.8. The molecule has 1 amide bonds. The Kier molecular flexibility index (Phi) is 7.24. The van der Waals surface area contributed by atoms with Gasteiger partial charge in [-0.1, -0.05) is 43.0 Å². The molecule has 0 bridgehead atoms. The molecular formula is C25H25FN4O2S.